The van der Waals surface area contributed by atoms with Gasteiger partial charge in [0.25, 0.3) is 0 Å². The maximum Gasteiger partial charge on any atom is 0.333 e. The molecule has 3 nitrogen and oxygen atoms in total. The van der Waals surface area contributed by atoms with E-state index in [-0.39, 0.29) is 0 Å². The van der Waals surface area contributed by atoms with Crippen molar-refractivity contribution in [2.45, 2.75) is 46.1 Å². The average Bonchev–Trinajstić information content (AvgIpc) is 2.26. The lowest BCUT2D eigenvalue weighted by Crippen LogP contribution is -2.27. The van der Waals surface area contributed by atoms with E-state index in [9.17, 15) is 4.79 Å². The molecule has 0 amide bonds. The van der Waals surface area contributed by atoms with Crippen LogP contribution in [0.25, 0.3) is 0 Å². The van der Waals surface area contributed by atoms with Crippen molar-refractivity contribution >= 4 is 5.97 Å². The largest absolute Gasteiger partial charge is 0.479 e. The second-order valence-electron chi connectivity index (χ2n) is 4.75. The van der Waals surface area contributed by atoms with Crippen LogP contribution in [-0.2, 0) is 16.0 Å². The number of hydrogen-bond donors (Lipinski definition) is 1. The molecule has 18 heavy (non-hydrogen) atoms. The highest BCUT2D eigenvalue weighted by atomic mass is 16.5. The van der Waals surface area contributed by atoms with E-state index < -0.39 is 12.1 Å². The molecular weight excluding hydrogens is 228 g/mol. The Kier molecular flexibility index (Phi) is 5.86. The monoisotopic (exact) mass is 250 g/mol. The van der Waals surface area contributed by atoms with Crippen LogP contribution in [0.5, 0.6) is 0 Å². The third-order valence-electron chi connectivity index (χ3n) is 2.79. The Morgan fingerprint density at radius 1 is 1.28 bits per heavy atom. The number of aliphatic carboxylic acids is 1. The smallest absolute Gasteiger partial charge is 0.333 e. The summed E-state index contributed by atoms with van der Waals surface area (Å²) in [6, 6.07) is 6.12. The first kappa shape index (κ1) is 14.7. The molecule has 0 saturated carbocycles. The SMILES string of the molecule is CCCCO[C@@H](Cc1cc(C)cc(C)c1)C(=O)O. The molecule has 3 heteroatoms. The Bertz CT molecular complexity index is 378. The van der Waals surface area contributed by atoms with Crippen LogP contribution < -0.4 is 0 Å². The number of ether oxygens (including phenoxy) is 1. The van der Waals surface area contributed by atoms with Gasteiger partial charge in [0.05, 0.1) is 0 Å². The summed E-state index contributed by atoms with van der Waals surface area (Å²) in [5, 5.41) is 9.15. The first-order chi connectivity index (χ1) is 8.52. The van der Waals surface area contributed by atoms with Gasteiger partial charge in [-0.2, -0.15) is 0 Å². The molecule has 1 atom stereocenters. The highest BCUT2D eigenvalue weighted by molar-refractivity contribution is 5.72. The first-order valence-electron chi connectivity index (χ1n) is 6.44. The van der Waals surface area contributed by atoms with Crippen molar-refractivity contribution in [1.82, 2.24) is 0 Å². The Labute approximate surface area is 109 Å². The highest BCUT2D eigenvalue weighted by Gasteiger charge is 2.18. The summed E-state index contributed by atoms with van der Waals surface area (Å²) in [5.74, 6) is -0.884. The fourth-order valence-corrected chi connectivity index (χ4v) is 1.99. The first-order valence-corrected chi connectivity index (χ1v) is 6.44. The fraction of sp³-hybridized carbons (Fsp3) is 0.533. The van der Waals surface area contributed by atoms with E-state index in [0.29, 0.717) is 13.0 Å². The maximum atomic E-state index is 11.1. The molecule has 0 spiro atoms. The van der Waals surface area contributed by atoms with Gasteiger partial charge in [0, 0.05) is 13.0 Å². The Morgan fingerprint density at radius 2 is 1.89 bits per heavy atom. The zero-order chi connectivity index (χ0) is 13.5. The van der Waals surface area contributed by atoms with Crippen LogP contribution in [0.15, 0.2) is 18.2 Å². The van der Waals surface area contributed by atoms with E-state index in [1.807, 2.05) is 26.0 Å². The molecule has 1 rings (SSSR count). The van der Waals surface area contributed by atoms with Crippen molar-refractivity contribution in [3.8, 4) is 0 Å². The second-order valence-corrected chi connectivity index (χ2v) is 4.75. The molecule has 0 radical (unpaired) electrons. The Balaban J connectivity index is 2.67. The number of aryl methyl sites for hydroxylation is 2. The molecule has 0 aliphatic carbocycles. The molecule has 0 fully saturated rings. The van der Waals surface area contributed by atoms with Gasteiger partial charge in [0.2, 0.25) is 0 Å². The van der Waals surface area contributed by atoms with Crippen LogP contribution in [-0.4, -0.2) is 23.8 Å². The molecule has 0 aliphatic heterocycles. The molecule has 0 aromatic heterocycles. The van der Waals surface area contributed by atoms with Gasteiger partial charge in [-0.1, -0.05) is 42.7 Å². The minimum atomic E-state index is -0.884. The molecule has 0 saturated heterocycles. The molecule has 1 aromatic rings. The quantitative estimate of drug-likeness (QED) is 0.756. The Hall–Kier alpha value is -1.35. The molecule has 0 bridgehead atoms. The lowest BCUT2D eigenvalue weighted by Gasteiger charge is -2.14. The zero-order valence-electron chi connectivity index (χ0n) is 11.4. The van der Waals surface area contributed by atoms with Crippen molar-refractivity contribution in [2.75, 3.05) is 6.61 Å². The van der Waals surface area contributed by atoms with Gasteiger partial charge in [-0.05, 0) is 25.8 Å². The van der Waals surface area contributed by atoms with Gasteiger partial charge in [-0.15, -0.1) is 0 Å². The topological polar surface area (TPSA) is 46.5 Å². The zero-order valence-corrected chi connectivity index (χ0v) is 11.4. The minimum absolute atomic E-state index is 0.432. The predicted octanol–water partition coefficient (Wildman–Crippen LogP) is 3.12. The van der Waals surface area contributed by atoms with E-state index in [0.717, 1.165) is 29.5 Å². The lowest BCUT2D eigenvalue weighted by molar-refractivity contribution is -0.150. The molecule has 100 valence electrons. The van der Waals surface area contributed by atoms with Crippen LogP contribution >= 0.6 is 0 Å². The van der Waals surface area contributed by atoms with Gasteiger partial charge in [-0.3, -0.25) is 0 Å². The van der Waals surface area contributed by atoms with E-state index in [4.69, 9.17) is 9.84 Å². The van der Waals surface area contributed by atoms with Crippen molar-refractivity contribution < 1.29 is 14.6 Å². The standard InChI is InChI=1S/C15H22O3/c1-4-5-6-18-14(15(16)17)10-13-8-11(2)7-12(3)9-13/h7-9,14H,4-6,10H2,1-3H3,(H,16,17)/t14-/m0/s1. The van der Waals surface area contributed by atoms with E-state index >= 15 is 0 Å². The number of hydrogen-bond acceptors (Lipinski definition) is 2. The highest BCUT2D eigenvalue weighted by Crippen LogP contribution is 2.13. The van der Waals surface area contributed by atoms with Gasteiger partial charge in [-0.25, -0.2) is 4.79 Å². The van der Waals surface area contributed by atoms with Crippen LogP contribution in [0, 0.1) is 13.8 Å². The van der Waals surface area contributed by atoms with Gasteiger partial charge >= 0.3 is 5.97 Å². The Morgan fingerprint density at radius 3 is 2.39 bits per heavy atom. The number of benzene rings is 1. The molecule has 0 heterocycles. The normalized spacial score (nSPS) is 12.4. The minimum Gasteiger partial charge on any atom is -0.479 e. The number of unbranched alkanes of at least 4 members (excludes halogenated alkanes) is 1. The van der Waals surface area contributed by atoms with Gasteiger partial charge in [0.1, 0.15) is 0 Å². The summed E-state index contributed by atoms with van der Waals surface area (Å²) < 4.78 is 5.43. The van der Waals surface area contributed by atoms with Crippen LogP contribution in [0.2, 0.25) is 0 Å². The lowest BCUT2D eigenvalue weighted by atomic mass is 10.0. The maximum absolute atomic E-state index is 11.1. The number of carboxylic acids is 1. The van der Waals surface area contributed by atoms with Gasteiger partial charge in [0.15, 0.2) is 6.10 Å². The number of carbonyl (C=O) groups is 1. The third kappa shape index (κ3) is 4.88. The molecule has 1 N–H and O–H groups in total. The van der Waals surface area contributed by atoms with Crippen molar-refractivity contribution in [1.29, 1.82) is 0 Å². The summed E-state index contributed by atoms with van der Waals surface area (Å²) in [7, 11) is 0. The summed E-state index contributed by atoms with van der Waals surface area (Å²) in [6.45, 7) is 6.61. The average molecular weight is 250 g/mol. The summed E-state index contributed by atoms with van der Waals surface area (Å²) in [6.07, 6.45) is 1.60. The number of rotatable bonds is 7. The number of carboxylic acid groups (broad SMARTS) is 1. The molecule has 0 aliphatic rings. The van der Waals surface area contributed by atoms with Crippen molar-refractivity contribution in [3.63, 3.8) is 0 Å². The van der Waals surface area contributed by atoms with Crippen LogP contribution in [0.4, 0.5) is 0 Å². The van der Waals surface area contributed by atoms with Gasteiger partial charge < -0.3 is 9.84 Å². The van der Waals surface area contributed by atoms with Crippen LogP contribution in [0.1, 0.15) is 36.5 Å². The fourth-order valence-electron chi connectivity index (χ4n) is 1.99. The molecule has 1 aromatic carbocycles. The van der Waals surface area contributed by atoms with Crippen LogP contribution in [0.3, 0.4) is 0 Å². The summed E-state index contributed by atoms with van der Waals surface area (Å²) >= 11 is 0. The summed E-state index contributed by atoms with van der Waals surface area (Å²) in [4.78, 5) is 11.1. The second kappa shape index (κ2) is 7.17. The van der Waals surface area contributed by atoms with Crippen molar-refractivity contribution in [2.24, 2.45) is 0 Å². The molecular formula is C15H22O3. The predicted molar refractivity (Wildman–Crippen MR) is 71.9 cm³/mol. The summed E-state index contributed by atoms with van der Waals surface area (Å²) in [5.41, 5.74) is 3.33. The van der Waals surface area contributed by atoms with E-state index in [1.54, 1.807) is 0 Å². The molecule has 0 unspecified atom stereocenters. The van der Waals surface area contributed by atoms with E-state index in [1.165, 1.54) is 0 Å². The van der Waals surface area contributed by atoms with Crippen molar-refractivity contribution in [3.05, 3.63) is 34.9 Å². The third-order valence-corrected chi connectivity index (χ3v) is 2.79. The van der Waals surface area contributed by atoms with E-state index in [2.05, 4.69) is 13.0 Å².